The van der Waals surface area contributed by atoms with Gasteiger partial charge in [0.25, 0.3) is 0 Å². The number of allylic oxidation sites excluding steroid dienone is 3. The van der Waals surface area contributed by atoms with Gasteiger partial charge in [0.1, 0.15) is 0 Å². The van der Waals surface area contributed by atoms with Crippen LogP contribution in [0.1, 0.15) is 23.5 Å². The van der Waals surface area contributed by atoms with Crippen molar-refractivity contribution in [3.63, 3.8) is 0 Å². The zero-order valence-corrected chi connectivity index (χ0v) is 21.6. The molecule has 6 aromatic rings. The Hall–Kier alpha value is -4.88. The van der Waals surface area contributed by atoms with Crippen molar-refractivity contribution < 1.29 is 0 Å². The van der Waals surface area contributed by atoms with E-state index in [-0.39, 0.29) is 0 Å². The predicted octanol–water partition coefficient (Wildman–Crippen LogP) is 10.3. The molecule has 8 rings (SSSR count). The van der Waals surface area contributed by atoms with Gasteiger partial charge in [0.2, 0.25) is 0 Å². The fourth-order valence-corrected chi connectivity index (χ4v) is 6.75. The van der Waals surface area contributed by atoms with Gasteiger partial charge in [-0.1, -0.05) is 115 Å². The maximum atomic E-state index is 2.44. The number of hydrogen-bond donors (Lipinski definition) is 0. The summed E-state index contributed by atoms with van der Waals surface area (Å²) in [5.74, 6) is 0.307. The van der Waals surface area contributed by atoms with Crippen molar-refractivity contribution in [3.05, 3.63) is 162 Å². The van der Waals surface area contributed by atoms with Crippen molar-refractivity contribution in [2.75, 3.05) is 4.90 Å². The predicted molar refractivity (Wildman–Crippen MR) is 165 cm³/mol. The molecule has 39 heavy (non-hydrogen) atoms. The number of benzene rings is 6. The van der Waals surface area contributed by atoms with Crippen LogP contribution < -0.4 is 4.90 Å². The van der Waals surface area contributed by atoms with Crippen molar-refractivity contribution in [1.29, 1.82) is 0 Å². The standard InChI is InChI=1S/C38H27N/c1-3-13-26(14-4-1)39(27-15-5-2-6-16-27)28-23-24-35-36(25-28)31-19-9-12-22-34(31)37-32-20-10-7-17-29(32)30-18-8-11-21-33(30)38(35)37/h1-23,25,35H,24H2. The molecule has 0 bridgehead atoms. The topological polar surface area (TPSA) is 3.24 Å². The lowest BCUT2D eigenvalue weighted by Gasteiger charge is -2.37. The first-order valence-electron chi connectivity index (χ1n) is 13.7. The van der Waals surface area contributed by atoms with Gasteiger partial charge in [-0.2, -0.15) is 0 Å². The molecule has 2 aliphatic rings. The minimum absolute atomic E-state index is 0.307. The third-order valence-corrected chi connectivity index (χ3v) is 8.36. The van der Waals surface area contributed by atoms with E-state index in [4.69, 9.17) is 0 Å². The number of nitrogens with zero attached hydrogens (tertiary/aromatic N) is 1. The summed E-state index contributed by atoms with van der Waals surface area (Å²) in [6.07, 6.45) is 5.84. The molecule has 0 N–H and O–H groups in total. The van der Waals surface area contributed by atoms with Crippen LogP contribution in [0.4, 0.5) is 11.4 Å². The second kappa shape index (κ2) is 8.85. The van der Waals surface area contributed by atoms with Crippen LogP contribution in [0.2, 0.25) is 0 Å². The average Bonchev–Trinajstić information content (AvgIpc) is 3.02. The van der Waals surface area contributed by atoms with Crippen LogP contribution >= 0.6 is 0 Å². The minimum atomic E-state index is 0.307. The molecule has 0 spiro atoms. The summed E-state index contributed by atoms with van der Waals surface area (Å²) < 4.78 is 0. The largest absolute Gasteiger partial charge is 0.311 e. The van der Waals surface area contributed by atoms with Gasteiger partial charge in [-0.15, -0.1) is 0 Å². The minimum Gasteiger partial charge on any atom is -0.311 e. The second-order valence-corrected chi connectivity index (χ2v) is 10.4. The van der Waals surface area contributed by atoms with E-state index < -0.39 is 0 Å². The summed E-state index contributed by atoms with van der Waals surface area (Å²) in [6.45, 7) is 0. The molecule has 2 aliphatic carbocycles. The first-order valence-corrected chi connectivity index (χ1v) is 13.7. The average molecular weight is 498 g/mol. The summed E-state index contributed by atoms with van der Waals surface area (Å²) in [4.78, 5) is 2.39. The molecule has 0 radical (unpaired) electrons. The second-order valence-electron chi connectivity index (χ2n) is 10.4. The molecule has 0 aliphatic heterocycles. The van der Waals surface area contributed by atoms with Gasteiger partial charge in [-0.05, 0) is 86.1 Å². The Bertz CT molecular complexity index is 1890. The van der Waals surface area contributed by atoms with E-state index >= 15 is 0 Å². The van der Waals surface area contributed by atoms with Gasteiger partial charge < -0.3 is 4.90 Å². The Kier molecular flexibility index (Phi) is 5.03. The highest BCUT2D eigenvalue weighted by Gasteiger charge is 2.34. The molecule has 1 nitrogen and oxygen atoms in total. The van der Waals surface area contributed by atoms with E-state index in [9.17, 15) is 0 Å². The smallest absolute Gasteiger partial charge is 0.0461 e. The summed E-state index contributed by atoms with van der Waals surface area (Å²) >= 11 is 0. The molecule has 6 aromatic carbocycles. The van der Waals surface area contributed by atoms with Crippen LogP contribution in [0.3, 0.4) is 0 Å². The maximum Gasteiger partial charge on any atom is 0.0461 e. The first-order chi connectivity index (χ1) is 19.4. The molecular weight excluding hydrogens is 470 g/mol. The van der Waals surface area contributed by atoms with E-state index in [0.29, 0.717) is 5.92 Å². The van der Waals surface area contributed by atoms with E-state index in [1.807, 2.05) is 0 Å². The van der Waals surface area contributed by atoms with Crippen LogP contribution in [0.5, 0.6) is 0 Å². The third-order valence-electron chi connectivity index (χ3n) is 8.36. The van der Waals surface area contributed by atoms with Crippen LogP contribution in [-0.2, 0) is 0 Å². The molecular formula is C38H27N. The van der Waals surface area contributed by atoms with Crippen LogP contribution in [-0.4, -0.2) is 0 Å². The molecule has 0 saturated heterocycles. The van der Waals surface area contributed by atoms with Crippen LogP contribution in [0.15, 0.2) is 151 Å². The summed E-state index contributed by atoms with van der Waals surface area (Å²) in [7, 11) is 0. The number of para-hydroxylation sites is 2. The zero-order valence-electron chi connectivity index (χ0n) is 21.6. The van der Waals surface area contributed by atoms with E-state index in [1.165, 1.54) is 66.4 Å². The Morgan fingerprint density at radius 1 is 0.487 bits per heavy atom. The van der Waals surface area contributed by atoms with Gasteiger partial charge in [-0.3, -0.25) is 0 Å². The Morgan fingerprint density at radius 3 is 1.67 bits per heavy atom. The van der Waals surface area contributed by atoms with Crippen molar-refractivity contribution in [2.45, 2.75) is 12.3 Å². The van der Waals surface area contributed by atoms with Gasteiger partial charge in [0, 0.05) is 23.0 Å². The first kappa shape index (κ1) is 22.1. The highest BCUT2D eigenvalue weighted by molar-refractivity contribution is 6.18. The Morgan fingerprint density at radius 2 is 1.00 bits per heavy atom. The van der Waals surface area contributed by atoms with Gasteiger partial charge >= 0.3 is 0 Å². The fraction of sp³-hybridized carbons (Fsp3) is 0.0526. The maximum absolute atomic E-state index is 2.44. The van der Waals surface area contributed by atoms with Gasteiger partial charge in [0.05, 0.1) is 0 Å². The molecule has 184 valence electrons. The molecule has 0 saturated carbocycles. The zero-order chi connectivity index (χ0) is 25.8. The van der Waals surface area contributed by atoms with E-state index in [1.54, 1.807) is 0 Å². The highest BCUT2D eigenvalue weighted by Crippen LogP contribution is 2.55. The van der Waals surface area contributed by atoms with Gasteiger partial charge in [-0.25, -0.2) is 0 Å². The van der Waals surface area contributed by atoms with Crippen molar-refractivity contribution in [1.82, 2.24) is 0 Å². The molecule has 0 fully saturated rings. The molecule has 1 atom stereocenters. The molecule has 1 heteroatoms. The summed E-state index contributed by atoms with van der Waals surface area (Å²) in [5.41, 5.74) is 10.5. The van der Waals surface area contributed by atoms with Crippen molar-refractivity contribution in [2.24, 2.45) is 0 Å². The van der Waals surface area contributed by atoms with E-state index in [0.717, 1.165) is 6.42 Å². The van der Waals surface area contributed by atoms with Gasteiger partial charge in [0.15, 0.2) is 0 Å². The highest BCUT2D eigenvalue weighted by atomic mass is 15.1. The Balaban J connectivity index is 1.39. The lowest BCUT2D eigenvalue weighted by Crippen LogP contribution is -2.20. The van der Waals surface area contributed by atoms with Crippen LogP contribution in [0, 0.1) is 0 Å². The third kappa shape index (κ3) is 3.40. The number of hydrogen-bond acceptors (Lipinski definition) is 1. The normalized spacial score (nSPS) is 15.6. The fourth-order valence-electron chi connectivity index (χ4n) is 6.75. The lowest BCUT2D eigenvalue weighted by atomic mass is 9.69. The van der Waals surface area contributed by atoms with Crippen molar-refractivity contribution >= 4 is 38.5 Å². The monoisotopic (exact) mass is 497 g/mol. The molecule has 1 unspecified atom stereocenters. The quantitative estimate of drug-likeness (QED) is 0.220. The van der Waals surface area contributed by atoms with Crippen LogP contribution in [0.25, 0.3) is 38.2 Å². The number of anilines is 2. The lowest BCUT2D eigenvalue weighted by molar-refractivity contribution is 0.863. The van der Waals surface area contributed by atoms with E-state index in [2.05, 4.69) is 151 Å². The SMILES string of the molecule is C1=C2c3ccccc3-c3c(c4ccccc4c4ccccc34)C2CC=C1N(c1ccccc1)c1ccccc1. The molecule has 0 amide bonds. The number of fused-ring (bicyclic) bond motifs is 11. The number of rotatable bonds is 3. The summed E-state index contributed by atoms with van der Waals surface area (Å²) in [5, 5.41) is 5.40. The Labute approximate surface area is 229 Å². The molecule has 0 aromatic heterocycles. The molecule has 0 heterocycles. The summed E-state index contributed by atoms with van der Waals surface area (Å²) in [6, 6.07) is 48.4. The van der Waals surface area contributed by atoms with Crippen molar-refractivity contribution in [3.8, 4) is 11.1 Å².